The van der Waals surface area contributed by atoms with Crippen LogP contribution in [0.3, 0.4) is 0 Å². The molecule has 8 rings (SSSR count). The van der Waals surface area contributed by atoms with E-state index in [0.717, 1.165) is 23.3 Å². The maximum absolute atomic E-state index is 14.8. The highest BCUT2D eigenvalue weighted by molar-refractivity contribution is 6.48. The summed E-state index contributed by atoms with van der Waals surface area (Å²) in [4.78, 5) is 70.5. The van der Waals surface area contributed by atoms with Gasteiger partial charge in [-0.25, -0.2) is 9.59 Å². The number of methoxy groups -OCH3 is 1. The van der Waals surface area contributed by atoms with E-state index in [0.29, 0.717) is 23.6 Å². The highest BCUT2D eigenvalue weighted by Crippen LogP contribution is 2.65. The van der Waals surface area contributed by atoms with Gasteiger partial charge in [0.1, 0.15) is 35.3 Å². The van der Waals surface area contributed by atoms with Gasteiger partial charge in [0.15, 0.2) is 0 Å². The number of ether oxygens (including phenoxy) is 3. The quantitative estimate of drug-likeness (QED) is 0.125. The average Bonchev–Trinajstić information content (AvgIpc) is 3.60. The van der Waals surface area contributed by atoms with Crippen LogP contribution in [-0.4, -0.2) is 96.6 Å². The Bertz CT molecular complexity index is 2150. The van der Waals surface area contributed by atoms with Crippen molar-refractivity contribution in [3.05, 3.63) is 95.1 Å². The third kappa shape index (κ3) is 8.72. The zero-order valence-electron chi connectivity index (χ0n) is 36.3. The minimum atomic E-state index is -1.29. The number of piperazine rings is 1. The van der Waals surface area contributed by atoms with E-state index in [2.05, 4.69) is 31.4 Å². The highest BCUT2D eigenvalue weighted by Gasteiger charge is 2.68. The van der Waals surface area contributed by atoms with Crippen molar-refractivity contribution in [3.63, 3.8) is 0 Å². The van der Waals surface area contributed by atoms with Crippen LogP contribution in [0.2, 0.25) is 0 Å². The molecule has 5 fully saturated rings. The Morgan fingerprint density at radius 2 is 1.61 bits per heavy atom. The molecular formula is C46H57BN4O10. The monoisotopic (exact) mass is 836 g/mol. The predicted molar refractivity (Wildman–Crippen MR) is 226 cm³/mol. The van der Waals surface area contributed by atoms with Crippen LogP contribution >= 0.6 is 0 Å². The third-order valence-corrected chi connectivity index (χ3v) is 12.9. The summed E-state index contributed by atoms with van der Waals surface area (Å²) in [5.74, 6) is -2.74. The summed E-state index contributed by atoms with van der Waals surface area (Å²) in [6.45, 7) is 14.4. The van der Waals surface area contributed by atoms with Gasteiger partial charge >= 0.3 is 30.9 Å². The minimum Gasteiger partial charge on any atom is -0.495 e. The first-order chi connectivity index (χ1) is 28.9. The molecule has 5 amide bonds. The highest BCUT2D eigenvalue weighted by atomic mass is 16.7. The van der Waals surface area contributed by atoms with Gasteiger partial charge in [0.25, 0.3) is 0 Å². The molecule has 2 saturated heterocycles. The first-order valence-corrected chi connectivity index (χ1v) is 21.1. The predicted octanol–water partition coefficient (Wildman–Crippen LogP) is 5.67. The molecule has 2 bridgehead atoms. The largest absolute Gasteiger partial charge is 0.495 e. The van der Waals surface area contributed by atoms with Gasteiger partial charge in [-0.2, -0.15) is 0 Å². The molecule has 3 aliphatic carbocycles. The van der Waals surface area contributed by atoms with Crippen LogP contribution < -0.4 is 20.1 Å². The number of hydrogen-bond donors (Lipinski definition) is 2. The standard InChI is InChI=1S/C46H57BN4O10/c1-9-50-22-23-51(41(54)40(50)53)43(56)49-37(29-18-14-11-15-19-29)39(52)48-35(47-60-34-26-31-25-33(45(31,5)6)46(34,7)61-47)24-30-20-21-32(58-27-28-16-12-10-13-17-28)36(38(30)57-8)42(55)59-44(2,3)4/h10-21,31,33-35,37H,9,22-27H2,1-8H3,(H,48,52)(H,49,56)/t31-,33-,34+,35?,37?,46-/m0/s1. The summed E-state index contributed by atoms with van der Waals surface area (Å²) >= 11 is 0. The fraction of sp³-hybridized carbons (Fsp3) is 0.500. The molecule has 3 saturated carbocycles. The first kappa shape index (κ1) is 43.7. The van der Waals surface area contributed by atoms with Gasteiger partial charge in [0, 0.05) is 19.6 Å². The van der Waals surface area contributed by atoms with Crippen molar-refractivity contribution in [2.75, 3.05) is 26.7 Å². The normalized spacial score (nSPS) is 23.9. The molecule has 324 valence electrons. The number of nitrogens with one attached hydrogen (secondary N) is 2. The molecule has 2 N–H and O–H groups in total. The molecule has 0 aromatic heterocycles. The summed E-state index contributed by atoms with van der Waals surface area (Å²) in [5.41, 5.74) is 0.546. The van der Waals surface area contributed by atoms with Gasteiger partial charge in [-0.15, -0.1) is 0 Å². The summed E-state index contributed by atoms with van der Waals surface area (Å²) in [6, 6.07) is 19.5. The number of benzene rings is 3. The lowest BCUT2D eigenvalue weighted by Gasteiger charge is -2.64. The molecule has 2 unspecified atom stereocenters. The number of urea groups is 1. The fourth-order valence-corrected chi connectivity index (χ4v) is 9.49. The second-order valence-electron chi connectivity index (χ2n) is 18.2. The van der Waals surface area contributed by atoms with Crippen LogP contribution in [0, 0.1) is 17.3 Å². The van der Waals surface area contributed by atoms with Crippen molar-refractivity contribution in [1.82, 2.24) is 20.4 Å². The number of nitrogens with zero attached hydrogens (tertiary/aromatic N) is 2. The number of hydrogen-bond acceptors (Lipinski definition) is 10. The average molecular weight is 837 g/mol. The smallest absolute Gasteiger partial charge is 0.482 e. The maximum Gasteiger partial charge on any atom is 0.482 e. The second kappa shape index (κ2) is 17.2. The molecule has 15 heteroatoms. The number of amides is 5. The Hall–Kier alpha value is -5.41. The Morgan fingerprint density at radius 1 is 0.918 bits per heavy atom. The Labute approximate surface area is 358 Å². The molecule has 3 aromatic carbocycles. The van der Waals surface area contributed by atoms with E-state index >= 15 is 0 Å². The number of rotatable bonds is 13. The number of likely N-dealkylation sites (N-methyl/N-ethyl adjacent to an activating group) is 1. The van der Waals surface area contributed by atoms with Crippen molar-refractivity contribution in [3.8, 4) is 11.5 Å². The van der Waals surface area contributed by atoms with Gasteiger partial charge in [-0.05, 0) is 93.9 Å². The summed E-state index contributed by atoms with van der Waals surface area (Å²) in [7, 11) is 0.522. The van der Waals surface area contributed by atoms with Gasteiger partial charge in [0.05, 0.1) is 24.8 Å². The van der Waals surface area contributed by atoms with Crippen LogP contribution in [-0.2, 0) is 41.5 Å². The number of imide groups is 1. The summed E-state index contributed by atoms with van der Waals surface area (Å²) in [5, 5.41) is 5.87. The molecule has 0 spiro atoms. The van der Waals surface area contributed by atoms with Crippen LogP contribution in [0.4, 0.5) is 4.79 Å². The molecule has 0 radical (unpaired) electrons. The lowest BCUT2D eigenvalue weighted by Crippen LogP contribution is -2.65. The van der Waals surface area contributed by atoms with E-state index in [-0.39, 0.29) is 60.6 Å². The summed E-state index contributed by atoms with van der Waals surface area (Å²) < 4.78 is 31.8. The van der Waals surface area contributed by atoms with Crippen LogP contribution in [0.1, 0.15) is 94.4 Å². The Kier molecular flexibility index (Phi) is 12.3. The minimum absolute atomic E-state index is 0.0247. The first-order valence-electron chi connectivity index (χ1n) is 21.1. The van der Waals surface area contributed by atoms with Gasteiger partial charge in [-0.3, -0.25) is 19.3 Å². The van der Waals surface area contributed by atoms with Crippen molar-refractivity contribution >= 4 is 36.8 Å². The van der Waals surface area contributed by atoms with E-state index in [1.54, 1.807) is 70.2 Å². The lowest BCUT2D eigenvalue weighted by molar-refractivity contribution is -0.199. The van der Waals surface area contributed by atoms with E-state index in [9.17, 15) is 24.0 Å². The number of esters is 1. The zero-order valence-corrected chi connectivity index (χ0v) is 36.3. The van der Waals surface area contributed by atoms with Gasteiger partial charge in [0.2, 0.25) is 5.91 Å². The SMILES string of the molecule is CCN1CCN(C(=O)NC(C(=O)NC(Cc2ccc(OCc3ccccc3)c(C(=O)OC(C)(C)C)c2OC)B2O[C@@H]3C[C@@H]4C[C@@H](C4(C)C)[C@]3(C)O2)c2ccccc2)C(=O)C1=O. The topological polar surface area (TPSA) is 162 Å². The van der Waals surface area contributed by atoms with Crippen LogP contribution in [0.15, 0.2) is 72.8 Å². The van der Waals surface area contributed by atoms with Crippen molar-refractivity contribution < 1.29 is 47.5 Å². The van der Waals surface area contributed by atoms with Crippen molar-refractivity contribution in [1.29, 1.82) is 0 Å². The molecule has 3 aromatic rings. The van der Waals surface area contributed by atoms with Crippen LogP contribution in [0.25, 0.3) is 0 Å². The van der Waals surface area contributed by atoms with E-state index < -0.39 is 60.0 Å². The molecule has 14 nitrogen and oxygen atoms in total. The van der Waals surface area contributed by atoms with Gasteiger partial charge < -0.3 is 39.1 Å². The molecule has 2 heterocycles. The number of carbonyl (C=O) groups is 5. The molecule has 61 heavy (non-hydrogen) atoms. The Balaban J connectivity index is 1.23. The van der Waals surface area contributed by atoms with E-state index in [1.807, 2.05) is 30.3 Å². The second-order valence-corrected chi connectivity index (χ2v) is 18.2. The van der Waals surface area contributed by atoms with Crippen molar-refractivity contribution in [2.24, 2.45) is 17.3 Å². The molecule has 2 aliphatic heterocycles. The molecule has 6 atom stereocenters. The summed E-state index contributed by atoms with van der Waals surface area (Å²) in [6.07, 6.45) is 1.66. The fourth-order valence-electron chi connectivity index (χ4n) is 9.49. The lowest BCUT2D eigenvalue weighted by atomic mass is 9.43. The zero-order chi connectivity index (χ0) is 43.9. The van der Waals surface area contributed by atoms with Crippen LogP contribution in [0.5, 0.6) is 11.5 Å². The van der Waals surface area contributed by atoms with E-state index in [4.69, 9.17) is 23.5 Å². The molecule has 5 aliphatic rings. The van der Waals surface area contributed by atoms with Crippen molar-refractivity contribution in [2.45, 2.75) is 104 Å². The third-order valence-electron chi connectivity index (χ3n) is 12.9. The Morgan fingerprint density at radius 3 is 2.25 bits per heavy atom. The molecular weight excluding hydrogens is 779 g/mol. The number of carbonyl (C=O) groups excluding carboxylic acids is 5. The van der Waals surface area contributed by atoms with Gasteiger partial charge in [-0.1, -0.05) is 80.6 Å². The maximum atomic E-state index is 14.8. The van der Waals surface area contributed by atoms with E-state index in [1.165, 1.54) is 12.0 Å².